The number of benzene rings is 3. The predicted molar refractivity (Wildman–Crippen MR) is 179 cm³/mol. The average molecular weight is 728 g/mol. The quantitative estimate of drug-likeness (QED) is 0.189. The van der Waals surface area contributed by atoms with Crippen LogP contribution >= 0.6 is 11.6 Å². The van der Waals surface area contributed by atoms with Crippen LogP contribution in [0.4, 0.5) is 27.8 Å². The second kappa shape index (κ2) is 12.6. The lowest BCUT2D eigenvalue weighted by molar-refractivity contribution is -0.141. The highest BCUT2D eigenvalue weighted by molar-refractivity contribution is 6.37. The standard InChI is InChI=1S/C36H31ClF5N5O4/c1-2-22-24(39)5-4-18-12-21(48)13-23(25(18)22)26-28(37)31-27-30(29(26)40)43-35(51-17-36-7-3-8-46(36)15-19(38)14-36)44-33(27)47(10-11-50-31)20-6-9-45(16-20)34(49)32(41)42/h1,4-5,12-13,19-20,32,48H,3,6-11,14-17H2/t19-,20?,36+/m1/s1. The molecule has 3 saturated heterocycles. The predicted octanol–water partition coefficient (Wildman–Crippen LogP) is 6.09. The van der Waals surface area contributed by atoms with Gasteiger partial charge < -0.3 is 24.4 Å². The third-order valence-corrected chi connectivity index (χ3v) is 11.0. The summed E-state index contributed by atoms with van der Waals surface area (Å²) >= 11 is 6.99. The zero-order valence-corrected chi connectivity index (χ0v) is 27.8. The van der Waals surface area contributed by atoms with Gasteiger partial charge in [-0.15, -0.1) is 6.42 Å². The maximum absolute atomic E-state index is 17.3. The number of ether oxygens (including phenoxy) is 2. The molecule has 0 radical (unpaired) electrons. The van der Waals surface area contributed by atoms with Gasteiger partial charge in [-0.25, -0.2) is 13.2 Å². The third-order valence-electron chi connectivity index (χ3n) is 10.6. The number of terminal acetylenes is 1. The minimum atomic E-state index is -3.17. The largest absolute Gasteiger partial charge is 0.508 e. The molecule has 0 saturated carbocycles. The second-order valence-electron chi connectivity index (χ2n) is 13.5. The van der Waals surface area contributed by atoms with Crippen LogP contribution in [0.3, 0.4) is 0 Å². The van der Waals surface area contributed by atoms with Crippen LogP contribution in [0.1, 0.15) is 31.2 Å². The number of hydrogen-bond donors (Lipinski definition) is 1. The number of hydrogen-bond acceptors (Lipinski definition) is 8. The molecule has 4 aliphatic heterocycles. The third kappa shape index (κ3) is 5.44. The molecule has 1 unspecified atom stereocenters. The zero-order valence-electron chi connectivity index (χ0n) is 27.1. The molecule has 0 bridgehead atoms. The van der Waals surface area contributed by atoms with Crippen molar-refractivity contribution < 1.29 is 41.3 Å². The van der Waals surface area contributed by atoms with Gasteiger partial charge in [-0.3, -0.25) is 9.69 Å². The number of alkyl halides is 3. The van der Waals surface area contributed by atoms with Gasteiger partial charge >= 0.3 is 12.4 Å². The lowest BCUT2D eigenvalue weighted by Gasteiger charge is -2.31. The molecule has 4 aliphatic rings. The molecule has 4 aromatic rings. The first-order chi connectivity index (χ1) is 24.5. The van der Waals surface area contributed by atoms with Crippen LogP contribution in [-0.4, -0.2) is 101 Å². The fourth-order valence-corrected chi connectivity index (χ4v) is 8.67. The van der Waals surface area contributed by atoms with Crippen molar-refractivity contribution in [2.45, 2.75) is 49.9 Å². The van der Waals surface area contributed by atoms with Crippen molar-refractivity contribution in [3.8, 4) is 41.0 Å². The number of anilines is 1. The molecular weight excluding hydrogens is 697 g/mol. The number of fused-ring (bicyclic) bond motifs is 2. The number of halogens is 6. The highest BCUT2D eigenvalue weighted by atomic mass is 35.5. The van der Waals surface area contributed by atoms with Crippen LogP contribution in [0.5, 0.6) is 17.5 Å². The first kappa shape index (κ1) is 33.5. The Kier molecular flexibility index (Phi) is 8.26. The number of carbonyl (C=O) groups is 1. The summed E-state index contributed by atoms with van der Waals surface area (Å²) in [7, 11) is 0. The minimum absolute atomic E-state index is 0.00240. The molecule has 0 spiro atoms. The molecule has 3 atom stereocenters. The molecule has 15 heteroatoms. The highest BCUT2D eigenvalue weighted by Crippen LogP contribution is 2.50. The van der Waals surface area contributed by atoms with Crippen LogP contribution in [0.25, 0.3) is 32.8 Å². The van der Waals surface area contributed by atoms with E-state index in [9.17, 15) is 23.1 Å². The summed E-state index contributed by atoms with van der Waals surface area (Å²) in [5, 5.41) is 11.0. The van der Waals surface area contributed by atoms with Crippen molar-refractivity contribution in [1.29, 1.82) is 0 Å². The van der Waals surface area contributed by atoms with Crippen LogP contribution in [0.15, 0.2) is 24.3 Å². The smallest absolute Gasteiger partial charge is 0.319 e. The summed E-state index contributed by atoms with van der Waals surface area (Å²) in [6.07, 6.45) is 3.65. The van der Waals surface area contributed by atoms with E-state index in [1.807, 2.05) is 4.90 Å². The SMILES string of the molecule is C#Cc1c(F)ccc2cc(O)cc(-c3c(Cl)c4c5c(nc(OC[C@@]67CCCN6C[C@H](F)C7)nc5c3F)N(C3CCN(C(=O)C(F)F)C3)CCO4)c12. The molecule has 266 valence electrons. The molecular formula is C36H31ClF5N5O4. The molecule has 8 rings (SSSR count). The van der Waals surface area contributed by atoms with Gasteiger partial charge in [-0.1, -0.05) is 23.6 Å². The molecule has 1 amide bonds. The van der Waals surface area contributed by atoms with Gasteiger partial charge in [-0.05, 0) is 55.0 Å². The van der Waals surface area contributed by atoms with Crippen molar-refractivity contribution in [2.24, 2.45) is 0 Å². The van der Waals surface area contributed by atoms with E-state index >= 15 is 8.78 Å². The Morgan fingerprint density at radius 1 is 1.18 bits per heavy atom. The van der Waals surface area contributed by atoms with Crippen LogP contribution in [0.2, 0.25) is 5.02 Å². The number of aromatic nitrogens is 2. The Morgan fingerprint density at radius 3 is 2.78 bits per heavy atom. The Balaban J connectivity index is 1.32. The summed E-state index contributed by atoms with van der Waals surface area (Å²) in [5.74, 6) is -0.790. The molecule has 0 aliphatic carbocycles. The molecule has 1 aromatic heterocycles. The van der Waals surface area contributed by atoms with Gasteiger partial charge in [0, 0.05) is 43.0 Å². The highest BCUT2D eigenvalue weighted by Gasteiger charge is 2.49. The van der Waals surface area contributed by atoms with E-state index in [1.54, 1.807) is 4.90 Å². The summed E-state index contributed by atoms with van der Waals surface area (Å²) in [6.45, 7) is 1.21. The van der Waals surface area contributed by atoms with Crippen molar-refractivity contribution in [3.05, 3.63) is 46.5 Å². The number of nitrogens with zero attached hydrogens (tertiary/aromatic N) is 5. The summed E-state index contributed by atoms with van der Waals surface area (Å²) in [4.78, 5) is 26.3. The van der Waals surface area contributed by atoms with E-state index in [4.69, 9.17) is 32.5 Å². The monoisotopic (exact) mass is 727 g/mol. The Bertz CT molecular complexity index is 2150. The Labute approximate surface area is 293 Å². The van der Waals surface area contributed by atoms with Crippen LogP contribution in [0, 0.1) is 24.0 Å². The molecule has 5 heterocycles. The van der Waals surface area contributed by atoms with Gasteiger partial charge in [0.2, 0.25) is 0 Å². The number of amides is 1. The second-order valence-corrected chi connectivity index (χ2v) is 13.9. The number of phenolic OH excluding ortho intramolecular Hbond substituents is 1. The van der Waals surface area contributed by atoms with Gasteiger partial charge in [0.15, 0.2) is 11.6 Å². The lowest BCUT2D eigenvalue weighted by Crippen LogP contribution is -2.44. The van der Waals surface area contributed by atoms with E-state index < -0.39 is 41.7 Å². The molecule has 1 N–H and O–H groups in total. The molecule has 3 aromatic carbocycles. The van der Waals surface area contributed by atoms with Gasteiger partial charge in [-0.2, -0.15) is 18.7 Å². The van der Waals surface area contributed by atoms with Gasteiger partial charge in [0.05, 0.1) is 28.1 Å². The maximum Gasteiger partial charge on any atom is 0.319 e. The van der Waals surface area contributed by atoms with E-state index in [-0.39, 0.29) is 107 Å². The average Bonchev–Trinajstić information content (AvgIpc) is 3.77. The number of likely N-dealkylation sites (tertiary alicyclic amines) is 1. The minimum Gasteiger partial charge on any atom is -0.508 e. The fraction of sp³-hybridized carbons (Fsp3) is 0.417. The Morgan fingerprint density at radius 2 is 2.00 bits per heavy atom. The first-order valence-corrected chi connectivity index (χ1v) is 17.0. The number of carbonyl (C=O) groups excluding carboxylic acids is 1. The van der Waals surface area contributed by atoms with Gasteiger partial charge in [0.1, 0.15) is 42.3 Å². The Hall–Kier alpha value is -4.61. The summed E-state index contributed by atoms with van der Waals surface area (Å²) < 4.78 is 85.9. The van der Waals surface area contributed by atoms with E-state index in [2.05, 4.69) is 10.9 Å². The topological polar surface area (TPSA) is 91.3 Å². The molecule has 9 nitrogen and oxygen atoms in total. The fourth-order valence-electron chi connectivity index (χ4n) is 8.33. The van der Waals surface area contributed by atoms with Crippen molar-refractivity contribution in [3.63, 3.8) is 0 Å². The zero-order chi connectivity index (χ0) is 35.8. The van der Waals surface area contributed by atoms with Crippen LogP contribution in [-0.2, 0) is 4.79 Å². The van der Waals surface area contributed by atoms with E-state index in [0.717, 1.165) is 17.4 Å². The number of rotatable bonds is 6. The maximum atomic E-state index is 17.3. The number of phenols is 1. The lowest BCUT2D eigenvalue weighted by atomic mass is 9.92. The number of aromatic hydroxyl groups is 1. The molecule has 3 fully saturated rings. The van der Waals surface area contributed by atoms with E-state index in [0.29, 0.717) is 24.8 Å². The van der Waals surface area contributed by atoms with Gasteiger partial charge in [0.25, 0.3) is 5.91 Å². The molecule has 51 heavy (non-hydrogen) atoms. The van der Waals surface area contributed by atoms with Crippen molar-refractivity contribution in [1.82, 2.24) is 19.8 Å². The van der Waals surface area contributed by atoms with Crippen molar-refractivity contribution in [2.75, 3.05) is 50.8 Å². The first-order valence-electron chi connectivity index (χ1n) is 16.6. The summed E-state index contributed by atoms with van der Waals surface area (Å²) in [5.41, 5.74) is -1.31. The normalized spacial score (nSPS) is 23.2. The summed E-state index contributed by atoms with van der Waals surface area (Å²) in [6, 6.07) is 4.41. The van der Waals surface area contributed by atoms with E-state index in [1.165, 1.54) is 18.2 Å². The van der Waals surface area contributed by atoms with Crippen LogP contribution < -0.4 is 14.4 Å². The van der Waals surface area contributed by atoms with Crippen molar-refractivity contribution >= 4 is 45.0 Å².